The number of hydrogen-bond acceptors (Lipinski definition) is 2. The van der Waals surface area contributed by atoms with Crippen LogP contribution < -0.4 is 0 Å². The fourth-order valence-electron chi connectivity index (χ4n) is 4.61. The molecule has 0 saturated heterocycles. The Labute approximate surface area is 164 Å². The minimum Gasteiger partial charge on any atom is -0.481 e. The Hall–Kier alpha value is -2.43. The highest BCUT2D eigenvalue weighted by Gasteiger charge is 2.47. The van der Waals surface area contributed by atoms with Crippen molar-refractivity contribution in [1.82, 2.24) is 0 Å². The predicted molar refractivity (Wildman–Crippen MR) is 104 cm³/mol. The van der Waals surface area contributed by atoms with Crippen LogP contribution in [0.1, 0.15) is 51.0 Å². The molecule has 1 aromatic carbocycles. The lowest BCUT2D eigenvalue weighted by Gasteiger charge is -2.38. The van der Waals surface area contributed by atoms with E-state index < -0.39 is 23.3 Å². The van der Waals surface area contributed by atoms with Gasteiger partial charge < -0.3 is 10.2 Å². The van der Waals surface area contributed by atoms with Crippen molar-refractivity contribution in [1.29, 1.82) is 0 Å². The highest BCUT2D eigenvalue weighted by Crippen LogP contribution is 2.46. The standard InChI is InChI=1S/C23H27FO4/c1-15-20(21(25)26)13-18(17-5-3-2-4-6-17)14-23(15,22(27)28)12-11-16-7-9-19(24)10-8-16/h7-10,13-15,17H,2-6,11-12H2,1H3,(H,25,26)(H,27,28). The van der Waals surface area contributed by atoms with E-state index >= 15 is 0 Å². The van der Waals surface area contributed by atoms with Crippen molar-refractivity contribution in [2.45, 2.75) is 51.9 Å². The van der Waals surface area contributed by atoms with E-state index in [1.54, 1.807) is 25.1 Å². The van der Waals surface area contributed by atoms with Crippen LogP contribution in [0.4, 0.5) is 4.39 Å². The summed E-state index contributed by atoms with van der Waals surface area (Å²) >= 11 is 0. The van der Waals surface area contributed by atoms with Crippen LogP contribution in [-0.4, -0.2) is 22.2 Å². The highest BCUT2D eigenvalue weighted by atomic mass is 19.1. The number of carboxylic acids is 2. The van der Waals surface area contributed by atoms with Crippen molar-refractivity contribution in [2.24, 2.45) is 17.3 Å². The number of carboxylic acid groups (broad SMARTS) is 2. The van der Waals surface area contributed by atoms with Gasteiger partial charge in [0.25, 0.3) is 0 Å². The molecule has 150 valence electrons. The molecule has 0 spiro atoms. The number of allylic oxidation sites excluding steroid dienone is 2. The van der Waals surface area contributed by atoms with Gasteiger partial charge in [-0.05, 0) is 60.9 Å². The van der Waals surface area contributed by atoms with Gasteiger partial charge in [0, 0.05) is 11.5 Å². The second-order valence-corrected chi connectivity index (χ2v) is 8.08. The topological polar surface area (TPSA) is 74.6 Å². The number of rotatable bonds is 6. The van der Waals surface area contributed by atoms with Crippen LogP contribution in [0.15, 0.2) is 47.6 Å². The maximum Gasteiger partial charge on any atom is 0.331 e. The Morgan fingerprint density at radius 1 is 1.11 bits per heavy atom. The number of halogens is 1. The lowest BCUT2D eigenvalue weighted by atomic mass is 9.63. The van der Waals surface area contributed by atoms with Gasteiger partial charge in [-0.3, -0.25) is 4.79 Å². The molecule has 3 rings (SSSR count). The zero-order valence-corrected chi connectivity index (χ0v) is 16.2. The van der Waals surface area contributed by atoms with Crippen LogP contribution in [0.25, 0.3) is 0 Å². The molecule has 2 N–H and O–H groups in total. The van der Waals surface area contributed by atoms with Crippen LogP contribution >= 0.6 is 0 Å². The van der Waals surface area contributed by atoms with Gasteiger partial charge in [-0.15, -0.1) is 0 Å². The number of carbonyl (C=O) groups is 2. The largest absolute Gasteiger partial charge is 0.481 e. The molecular formula is C23H27FO4. The molecule has 4 nitrogen and oxygen atoms in total. The summed E-state index contributed by atoms with van der Waals surface area (Å²) in [4.78, 5) is 24.3. The summed E-state index contributed by atoms with van der Waals surface area (Å²) in [6.45, 7) is 1.69. The van der Waals surface area contributed by atoms with E-state index in [-0.39, 0.29) is 23.7 Å². The molecule has 1 aromatic rings. The second-order valence-electron chi connectivity index (χ2n) is 8.08. The first-order chi connectivity index (χ1) is 13.3. The van der Waals surface area contributed by atoms with Gasteiger partial charge >= 0.3 is 11.9 Å². The monoisotopic (exact) mass is 386 g/mol. The quantitative estimate of drug-likeness (QED) is 0.722. The van der Waals surface area contributed by atoms with Crippen LogP contribution in [-0.2, 0) is 16.0 Å². The van der Waals surface area contributed by atoms with E-state index in [4.69, 9.17) is 0 Å². The molecule has 1 saturated carbocycles. The molecule has 28 heavy (non-hydrogen) atoms. The maximum absolute atomic E-state index is 13.2. The van der Waals surface area contributed by atoms with Gasteiger partial charge in [-0.2, -0.15) is 0 Å². The van der Waals surface area contributed by atoms with Crippen molar-refractivity contribution < 1.29 is 24.2 Å². The third-order valence-corrected chi connectivity index (χ3v) is 6.45. The molecule has 2 atom stereocenters. The summed E-state index contributed by atoms with van der Waals surface area (Å²) in [5, 5.41) is 19.9. The normalized spacial score (nSPS) is 25.7. The molecule has 2 aliphatic carbocycles. The van der Waals surface area contributed by atoms with Crippen molar-refractivity contribution in [3.63, 3.8) is 0 Å². The highest BCUT2D eigenvalue weighted by molar-refractivity contribution is 5.91. The maximum atomic E-state index is 13.2. The summed E-state index contributed by atoms with van der Waals surface area (Å²) in [5.74, 6) is -2.81. The Bertz CT molecular complexity index is 802. The van der Waals surface area contributed by atoms with Crippen molar-refractivity contribution in [3.8, 4) is 0 Å². The van der Waals surface area contributed by atoms with Crippen LogP contribution in [0.3, 0.4) is 0 Å². The van der Waals surface area contributed by atoms with E-state index in [0.29, 0.717) is 6.42 Å². The first-order valence-electron chi connectivity index (χ1n) is 9.99. The van der Waals surface area contributed by atoms with Crippen LogP contribution in [0.2, 0.25) is 0 Å². The predicted octanol–water partition coefficient (Wildman–Crippen LogP) is 5.00. The second kappa shape index (κ2) is 8.29. The molecular weight excluding hydrogens is 359 g/mol. The SMILES string of the molecule is CC1C(C(=O)O)=CC(C2CCCCC2)=CC1(CCc1ccc(F)cc1)C(=O)O. The molecule has 0 radical (unpaired) electrons. The van der Waals surface area contributed by atoms with Crippen LogP contribution in [0.5, 0.6) is 0 Å². The van der Waals surface area contributed by atoms with E-state index in [9.17, 15) is 24.2 Å². The molecule has 2 unspecified atom stereocenters. The Balaban J connectivity index is 1.96. The summed E-state index contributed by atoms with van der Waals surface area (Å²) in [6, 6.07) is 6.02. The summed E-state index contributed by atoms with van der Waals surface area (Å²) in [5.41, 5.74) is 0.596. The minimum atomic E-state index is -1.27. The number of aliphatic carboxylic acids is 2. The van der Waals surface area contributed by atoms with E-state index in [1.165, 1.54) is 18.6 Å². The molecule has 1 fully saturated rings. The Morgan fingerprint density at radius 2 is 1.75 bits per heavy atom. The average Bonchev–Trinajstić information content (AvgIpc) is 2.68. The van der Waals surface area contributed by atoms with Gasteiger partial charge in [-0.25, -0.2) is 9.18 Å². The number of benzene rings is 1. The molecule has 0 aromatic heterocycles. The molecule has 0 bridgehead atoms. The molecule has 2 aliphatic rings. The van der Waals surface area contributed by atoms with Crippen molar-refractivity contribution in [2.75, 3.05) is 0 Å². The number of aryl methyl sites for hydroxylation is 1. The third-order valence-electron chi connectivity index (χ3n) is 6.45. The smallest absolute Gasteiger partial charge is 0.331 e. The van der Waals surface area contributed by atoms with E-state index in [1.807, 2.05) is 6.08 Å². The van der Waals surface area contributed by atoms with Crippen molar-refractivity contribution >= 4 is 11.9 Å². The minimum absolute atomic E-state index is 0.171. The summed E-state index contributed by atoms with van der Waals surface area (Å²) in [6.07, 6.45) is 9.54. The average molecular weight is 386 g/mol. The van der Waals surface area contributed by atoms with E-state index in [2.05, 4.69) is 0 Å². The lowest BCUT2D eigenvalue weighted by molar-refractivity contribution is -0.149. The van der Waals surface area contributed by atoms with Crippen molar-refractivity contribution in [3.05, 3.63) is 58.9 Å². The Kier molecular flexibility index (Phi) is 6.01. The first-order valence-corrected chi connectivity index (χ1v) is 9.99. The summed E-state index contributed by atoms with van der Waals surface area (Å²) < 4.78 is 13.2. The van der Waals surface area contributed by atoms with Gasteiger partial charge in [0.1, 0.15) is 5.82 Å². The lowest BCUT2D eigenvalue weighted by Crippen LogP contribution is -2.41. The molecule has 0 aliphatic heterocycles. The zero-order valence-electron chi connectivity index (χ0n) is 16.2. The van der Waals surface area contributed by atoms with Gasteiger partial charge in [0.05, 0.1) is 5.41 Å². The summed E-state index contributed by atoms with van der Waals surface area (Å²) in [7, 11) is 0. The van der Waals surface area contributed by atoms with E-state index in [0.717, 1.165) is 36.8 Å². The third kappa shape index (κ3) is 4.03. The van der Waals surface area contributed by atoms with Gasteiger partial charge in [-0.1, -0.05) is 44.4 Å². The number of hydrogen-bond donors (Lipinski definition) is 2. The molecule has 0 amide bonds. The first kappa shape index (κ1) is 20.3. The molecule has 0 heterocycles. The zero-order chi connectivity index (χ0) is 20.3. The molecule has 5 heteroatoms. The van der Waals surface area contributed by atoms with Crippen LogP contribution in [0, 0.1) is 23.1 Å². The Morgan fingerprint density at radius 3 is 2.32 bits per heavy atom. The fourth-order valence-corrected chi connectivity index (χ4v) is 4.61. The fraction of sp³-hybridized carbons (Fsp3) is 0.478. The van der Waals surface area contributed by atoms with Gasteiger partial charge in [0.15, 0.2) is 0 Å². The van der Waals surface area contributed by atoms with Gasteiger partial charge in [0.2, 0.25) is 0 Å².